The van der Waals surface area contributed by atoms with Crippen molar-refractivity contribution in [2.75, 3.05) is 13.2 Å². The Morgan fingerprint density at radius 1 is 1.00 bits per heavy atom. The predicted molar refractivity (Wildman–Crippen MR) is 104 cm³/mol. The average Bonchev–Trinajstić information content (AvgIpc) is 3.54. The monoisotopic (exact) mass is 410 g/mol. The molecule has 3 fully saturated rings. The molecule has 0 radical (unpaired) electrons. The summed E-state index contributed by atoms with van der Waals surface area (Å²) in [5.74, 6) is -0.247. The van der Waals surface area contributed by atoms with Gasteiger partial charge in [-0.3, -0.25) is 4.79 Å². The molecule has 1 amide bonds. The summed E-state index contributed by atoms with van der Waals surface area (Å²) in [6.07, 6.45) is 4.15. The molecule has 2 aliphatic carbocycles. The van der Waals surface area contributed by atoms with E-state index in [2.05, 4.69) is 10.6 Å². The first-order chi connectivity index (χ1) is 13.9. The molecule has 1 heterocycles. The van der Waals surface area contributed by atoms with Crippen LogP contribution in [0, 0.1) is 0 Å². The molecule has 7 heteroatoms. The Hall–Kier alpha value is -1.60. The smallest absolute Gasteiger partial charge is 0.379 e. The average molecular weight is 410 g/mol. The first-order valence-corrected chi connectivity index (χ1v) is 10.8. The van der Waals surface area contributed by atoms with Crippen molar-refractivity contribution >= 4 is 5.91 Å². The molecule has 1 aliphatic heterocycles. The van der Waals surface area contributed by atoms with Crippen LogP contribution >= 0.6 is 0 Å². The largest absolute Gasteiger partial charge is 0.416 e. The molecular weight excluding hydrogens is 381 g/mol. The first kappa shape index (κ1) is 20.7. The fraction of sp³-hybridized carbons (Fsp3) is 0.682. The summed E-state index contributed by atoms with van der Waals surface area (Å²) in [4.78, 5) is 13.0. The highest BCUT2D eigenvalue weighted by atomic mass is 19.4. The Morgan fingerprint density at radius 2 is 1.76 bits per heavy atom. The number of hydrogen-bond acceptors (Lipinski definition) is 3. The predicted octanol–water partition coefficient (Wildman–Crippen LogP) is 4.39. The van der Waals surface area contributed by atoms with Crippen molar-refractivity contribution < 1.29 is 22.7 Å². The number of ether oxygens (including phenoxy) is 1. The van der Waals surface area contributed by atoms with E-state index < -0.39 is 11.7 Å². The molecule has 1 saturated heterocycles. The van der Waals surface area contributed by atoms with E-state index in [1.165, 1.54) is 25.3 Å². The van der Waals surface area contributed by atoms with E-state index in [4.69, 9.17) is 4.74 Å². The zero-order chi connectivity index (χ0) is 20.4. The minimum Gasteiger partial charge on any atom is -0.379 e. The van der Waals surface area contributed by atoms with E-state index in [1.807, 2.05) is 0 Å². The van der Waals surface area contributed by atoms with Crippen LogP contribution in [0.5, 0.6) is 0 Å². The molecule has 160 valence electrons. The lowest BCUT2D eigenvalue weighted by atomic mass is 9.92. The summed E-state index contributed by atoms with van der Waals surface area (Å²) in [6.45, 7) is 1.08. The second kappa shape index (κ2) is 8.64. The molecule has 2 N–H and O–H groups in total. The number of nitrogens with one attached hydrogen (secondary N) is 2. The van der Waals surface area contributed by atoms with Gasteiger partial charge in [0.15, 0.2) is 0 Å². The van der Waals surface area contributed by atoms with Gasteiger partial charge in [0.25, 0.3) is 5.91 Å². The van der Waals surface area contributed by atoms with Gasteiger partial charge in [0.1, 0.15) is 0 Å². The topological polar surface area (TPSA) is 50.4 Å². The summed E-state index contributed by atoms with van der Waals surface area (Å²) < 4.78 is 44.9. The van der Waals surface area contributed by atoms with Gasteiger partial charge < -0.3 is 15.4 Å². The number of rotatable bonds is 5. The number of benzene rings is 1. The van der Waals surface area contributed by atoms with Crippen LogP contribution in [-0.2, 0) is 10.9 Å². The standard InChI is InChI=1S/C22H29F3N2O2/c23-22(24,25)15-8-9-17(18(12-15)14-6-7-14)21(28)27-20-13-29-11-10-19(20)26-16-4-2-1-3-5-16/h8-9,12,14,16,19-20,26H,1-7,10-11,13H2,(H,27,28)/t19-,20?/m0/s1. The van der Waals surface area contributed by atoms with Crippen molar-refractivity contribution in [1.29, 1.82) is 0 Å². The van der Waals surface area contributed by atoms with E-state index in [-0.39, 0.29) is 23.9 Å². The second-order valence-electron chi connectivity index (χ2n) is 8.63. The van der Waals surface area contributed by atoms with E-state index in [0.29, 0.717) is 30.4 Å². The van der Waals surface area contributed by atoms with E-state index in [1.54, 1.807) is 0 Å². The number of carbonyl (C=O) groups excluding carboxylic acids is 1. The maximum Gasteiger partial charge on any atom is 0.416 e. The van der Waals surface area contributed by atoms with Gasteiger partial charge in [0.05, 0.1) is 18.2 Å². The molecule has 1 aromatic rings. The Bertz CT molecular complexity index is 727. The van der Waals surface area contributed by atoms with Crippen molar-refractivity contribution in [2.45, 2.75) is 81.6 Å². The van der Waals surface area contributed by atoms with Crippen molar-refractivity contribution in [2.24, 2.45) is 0 Å². The highest BCUT2D eigenvalue weighted by Crippen LogP contribution is 2.43. The van der Waals surface area contributed by atoms with E-state index >= 15 is 0 Å². The summed E-state index contributed by atoms with van der Waals surface area (Å²) in [5.41, 5.74) is 0.196. The second-order valence-corrected chi connectivity index (χ2v) is 8.63. The lowest BCUT2D eigenvalue weighted by Crippen LogP contribution is -2.57. The normalized spacial score (nSPS) is 26.3. The molecular formula is C22H29F3N2O2. The van der Waals surface area contributed by atoms with E-state index in [9.17, 15) is 18.0 Å². The van der Waals surface area contributed by atoms with Gasteiger partial charge in [0.2, 0.25) is 0 Å². The lowest BCUT2D eigenvalue weighted by Gasteiger charge is -2.36. The first-order valence-electron chi connectivity index (χ1n) is 10.8. The van der Waals surface area contributed by atoms with Crippen LogP contribution in [0.15, 0.2) is 18.2 Å². The fourth-order valence-corrected chi connectivity index (χ4v) is 4.58. The van der Waals surface area contributed by atoms with Crippen LogP contribution in [0.25, 0.3) is 0 Å². The van der Waals surface area contributed by atoms with Crippen LogP contribution in [0.4, 0.5) is 13.2 Å². The molecule has 2 atom stereocenters. The van der Waals surface area contributed by atoms with Crippen LogP contribution < -0.4 is 10.6 Å². The molecule has 1 unspecified atom stereocenters. The van der Waals surface area contributed by atoms with E-state index in [0.717, 1.165) is 44.2 Å². The molecule has 4 nitrogen and oxygen atoms in total. The van der Waals surface area contributed by atoms with Crippen molar-refractivity contribution in [3.63, 3.8) is 0 Å². The molecule has 1 aromatic carbocycles. The zero-order valence-corrected chi connectivity index (χ0v) is 16.6. The number of hydrogen-bond donors (Lipinski definition) is 2. The number of halogens is 3. The van der Waals surface area contributed by atoms with Gasteiger partial charge in [-0.1, -0.05) is 19.3 Å². The van der Waals surface area contributed by atoms with Gasteiger partial charge in [-0.2, -0.15) is 13.2 Å². The minimum absolute atomic E-state index is 0.0526. The zero-order valence-electron chi connectivity index (χ0n) is 16.6. The Morgan fingerprint density at radius 3 is 2.45 bits per heavy atom. The van der Waals surface area contributed by atoms with Gasteiger partial charge in [0, 0.05) is 24.3 Å². The SMILES string of the molecule is O=C(NC1COCC[C@@H]1NC1CCCCC1)c1ccc(C(F)(F)F)cc1C1CC1. The third-order valence-electron chi connectivity index (χ3n) is 6.37. The van der Waals surface area contributed by atoms with Crippen LogP contribution in [-0.4, -0.2) is 37.2 Å². The highest BCUT2D eigenvalue weighted by molar-refractivity contribution is 5.96. The fourth-order valence-electron chi connectivity index (χ4n) is 4.58. The van der Waals surface area contributed by atoms with Crippen molar-refractivity contribution in [3.8, 4) is 0 Å². The van der Waals surface area contributed by atoms with Gasteiger partial charge in [-0.15, -0.1) is 0 Å². The third kappa shape index (κ3) is 5.12. The number of alkyl halides is 3. The van der Waals surface area contributed by atoms with Gasteiger partial charge in [-0.05, 0) is 61.8 Å². The third-order valence-corrected chi connectivity index (χ3v) is 6.37. The van der Waals surface area contributed by atoms with Crippen molar-refractivity contribution in [3.05, 3.63) is 34.9 Å². The maximum atomic E-state index is 13.1. The molecule has 0 spiro atoms. The van der Waals surface area contributed by atoms with Crippen molar-refractivity contribution in [1.82, 2.24) is 10.6 Å². The molecule has 0 aromatic heterocycles. The quantitative estimate of drug-likeness (QED) is 0.757. The summed E-state index contributed by atoms with van der Waals surface area (Å²) in [6, 6.07) is 3.93. The number of carbonyl (C=O) groups is 1. The number of amides is 1. The summed E-state index contributed by atoms with van der Waals surface area (Å²) >= 11 is 0. The highest BCUT2D eigenvalue weighted by Gasteiger charge is 2.36. The molecule has 2 saturated carbocycles. The molecule has 0 bridgehead atoms. The Balaban J connectivity index is 1.47. The summed E-state index contributed by atoms with van der Waals surface area (Å²) in [5, 5.41) is 6.75. The maximum absolute atomic E-state index is 13.1. The van der Waals surface area contributed by atoms with Gasteiger partial charge in [-0.25, -0.2) is 0 Å². The Kier molecular flexibility index (Phi) is 6.16. The minimum atomic E-state index is -4.40. The molecule has 3 aliphatic rings. The van der Waals surface area contributed by atoms with Crippen LogP contribution in [0.2, 0.25) is 0 Å². The van der Waals surface area contributed by atoms with Crippen LogP contribution in [0.3, 0.4) is 0 Å². The van der Waals surface area contributed by atoms with Gasteiger partial charge >= 0.3 is 6.18 Å². The Labute approximate surface area is 169 Å². The molecule has 4 rings (SSSR count). The summed E-state index contributed by atoms with van der Waals surface area (Å²) in [7, 11) is 0. The molecule has 29 heavy (non-hydrogen) atoms. The lowest BCUT2D eigenvalue weighted by molar-refractivity contribution is -0.137. The van der Waals surface area contributed by atoms with Crippen LogP contribution in [0.1, 0.15) is 78.8 Å².